The minimum atomic E-state index is 0.0911. The number of rotatable bonds is 8. The lowest BCUT2D eigenvalue weighted by Crippen LogP contribution is -2.38. The van der Waals surface area contributed by atoms with Gasteiger partial charge in [-0.05, 0) is 37.6 Å². The topological polar surface area (TPSA) is 75.9 Å². The van der Waals surface area contributed by atoms with Crippen molar-refractivity contribution in [3.63, 3.8) is 0 Å². The van der Waals surface area contributed by atoms with E-state index in [1.807, 2.05) is 0 Å². The van der Waals surface area contributed by atoms with E-state index >= 15 is 0 Å². The third-order valence-electron chi connectivity index (χ3n) is 2.74. The van der Waals surface area contributed by atoms with Gasteiger partial charge in [-0.1, -0.05) is 11.8 Å². The van der Waals surface area contributed by atoms with Gasteiger partial charge < -0.3 is 10.2 Å². The molecule has 0 unspecified atom stereocenters. The molecule has 1 amide bonds. The van der Waals surface area contributed by atoms with Crippen LogP contribution in [0.5, 0.6) is 0 Å². The normalized spacial score (nSPS) is 11.7. The highest BCUT2D eigenvalue weighted by molar-refractivity contribution is 7.99. The maximum atomic E-state index is 11.5. The van der Waals surface area contributed by atoms with Gasteiger partial charge in [0, 0.05) is 38.4 Å². The van der Waals surface area contributed by atoms with Crippen LogP contribution in [0.3, 0.4) is 0 Å². The number of tetrazole rings is 1. The second kappa shape index (κ2) is 8.33. The molecule has 0 atom stereocenters. The van der Waals surface area contributed by atoms with Crippen LogP contribution in [0.25, 0.3) is 0 Å². The fraction of sp³-hybridized carbons (Fsp3) is 0.846. The van der Waals surface area contributed by atoms with E-state index in [-0.39, 0.29) is 11.4 Å². The van der Waals surface area contributed by atoms with E-state index < -0.39 is 0 Å². The Kier molecular flexibility index (Phi) is 7.10. The number of nitrogens with one attached hydrogen (secondary N) is 1. The molecule has 1 N–H and O–H groups in total. The molecule has 0 saturated carbocycles. The van der Waals surface area contributed by atoms with Gasteiger partial charge in [0.05, 0.1) is 6.54 Å². The number of thioether (sulfide) groups is 1. The Balaban J connectivity index is 2.30. The second-order valence-electron chi connectivity index (χ2n) is 6.10. The molecule has 1 aromatic rings. The number of amides is 1. The molecule has 0 bridgehead atoms. The summed E-state index contributed by atoms with van der Waals surface area (Å²) in [4.78, 5) is 13.1. The molecule has 1 heterocycles. The van der Waals surface area contributed by atoms with Crippen LogP contribution in [-0.2, 0) is 11.3 Å². The van der Waals surface area contributed by atoms with Crippen LogP contribution >= 0.6 is 11.8 Å². The Morgan fingerprint density at radius 3 is 2.71 bits per heavy atom. The Morgan fingerprint density at radius 2 is 2.10 bits per heavy atom. The molecular formula is C13H26N6OS. The maximum absolute atomic E-state index is 11.5. The zero-order valence-electron chi connectivity index (χ0n) is 13.6. The summed E-state index contributed by atoms with van der Waals surface area (Å²) >= 11 is 1.59. The minimum absolute atomic E-state index is 0.0911. The average Bonchev–Trinajstić information content (AvgIpc) is 2.80. The highest BCUT2D eigenvalue weighted by Crippen LogP contribution is 2.15. The van der Waals surface area contributed by atoms with Gasteiger partial charge in [0.25, 0.3) is 0 Å². The quantitative estimate of drug-likeness (QED) is 0.570. The Labute approximate surface area is 130 Å². The lowest BCUT2D eigenvalue weighted by molar-refractivity contribution is -0.128. The molecule has 0 fully saturated rings. The van der Waals surface area contributed by atoms with E-state index in [9.17, 15) is 4.79 Å². The minimum Gasteiger partial charge on any atom is -0.349 e. The predicted molar refractivity (Wildman–Crippen MR) is 84.2 cm³/mol. The summed E-state index contributed by atoms with van der Waals surface area (Å²) < 4.78 is 1.80. The molecule has 1 aromatic heterocycles. The Hall–Kier alpha value is -1.15. The summed E-state index contributed by atoms with van der Waals surface area (Å²) in [6.07, 6.45) is 1.39. The van der Waals surface area contributed by atoms with Gasteiger partial charge in [0.2, 0.25) is 11.1 Å². The Bertz CT molecular complexity index is 440. The number of nitrogens with zero attached hydrogens (tertiary/aromatic N) is 5. The van der Waals surface area contributed by atoms with Crippen molar-refractivity contribution >= 4 is 17.7 Å². The summed E-state index contributed by atoms with van der Waals surface area (Å²) in [7, 11) is 3.55. The van der Waals surface area contributed by atoms with Crippen LogP contribution in [-0.4, -0.2) is 62.9 Å². The zero-order chi connectivity index (χ0) is 15.9. The highest BCUT2D eigenvalue weighted by atomic mass is 32.2. The first-order valence-electron chi connectivity index (χ1n) is 7.14. The van der Waals surface area contributed by atoms with Crippen molar-refractivity contribution < 1.29 is 4.79 Å². The number of hydrogen-bond acceptors (Lipinski definition) is 6. The van der Waals surface area contributed by atoms with E-state index in [1.165, 1.54) is 0 Å². The molecule has 0 aliphatic carbocycles. The van der Waals surface area contributed by atoms with Gasteiger partial charge in [0.15, 0.2) is 0 Å². The van der Waals surface area contributed by atoms with Crippen molar-refractivity contribution in [1.29, 1.82) is 0 Å². The summed E-state index contributed by atoms with van der Waals surface area (Å²) in [6.45, 7) is 7.95. The fourth-order valence-electron chi connectivity index (χ4n) is 1.59. The molecule has 0 aliphatic rings. The molecule has 1 rings (SSSR count). The number of hydrogen-bond donors (Lipinski definition) is 1. The monoisotopic (exact) mass is 314 g/mol. The smallest absolute Gasteiger partial charge is 0.222 e. The molecule has 0 aliphatic heterocycles. The fourth-order valence-corrected chi connectivity index (χ4v) is 2.43. The van der Waals surface area contributed by atoms with Gasteiger partial charge in [-0.3, -0.25) is 4.79 Å². The lowest BCUT2D eigenvalue weighted by atomic mass is 10.1. The first kappa shape index (κ1) is 17.9. The Morgan fingerprint density at radius 1 is 1.38 bits per heavy atom. The molecule has 7 nitrogen and oxygen atoms in total. The third kappa shape index (κ3) is 7.42. The van der Waals surface area contributed by atoms with E-state index in [2.05, 4.69) is 41.6 Å². The highest BCUT2D eigenvalue weighted by Gasteiger charge is 2.11. The summed E-state index contributed by atoms with van der Waals surface area (Å²) in [5, 5.41) is 16.0. The number of carbonyl (C=O) groups excluding carboxylic acids is 1. The summed E-state index contributed by atoms with van der Waals surface area (Å²) in [5.41, 5.74) is 0.0911. The van der Waals surface area contributed by atoms with Gasteiger partial charge in [-0.2, -0.15) is 0 Å². The molecule has 120 valence electrons. The van der Waals surface area contributed by atoms with Crippen LogP contribution in [0.15, 0.2) is 5.16 Å². The lowest BCUT2D eigenvalue weighted by Gasteiger charge is -2.20. The van der Waals surface area contributed by atoms with E-state index in [4.69, 9.17) is 0 Å². The first-order chi connectivity index (χ1) is 9.79. The van der Waals surface area contributed by atoms with Gasteiger partial charge in [-0.25, -0.2) is 4.68 Å². The van der Waals surface area contributed by atoms with E-state index in [0.29, 0.717) is 6.42 Å². The standard InChI is InChI=1S/C13H26N6OS/c1-13(2,3)14-8-9-19-12(15-16-17-19)21-10-6-7-11(20)18(4)5/h14H,6-10H2,1-5H3. The first-order valence-corrected chi connectivity index (χ1v) is 8.12. The largest absolute Gasteiger partial charge is 0.349 e. The van der Waals surface area contributed by atoms with Crippen molar-refractivity contribution in [1.82, 2.24) is 30.4 Å². The van der Waals surface area contributed by atoms with Crippen LogP contribution in [0.2, 0.25) is 0 Å². The van der Waals surface area contributed by atoms with Crippen molar-refractivity contribution in [2.24, 2.45) is 0 Å². The van der Waals surface area contributed by atoms with Gasteiger partial charge in [-0.15, -0.1) is 5.10 Å². The van der Waals surface area contributed by atoms with Crippen molar-refractivity contribution in [3.8, 4) is 0 Å². The van der Waals surface area contributed by atoms with E-state index in [0.717, 1.165) is 30.4 Å². The zero-order valence-corrected chi connectivity index (χ0v) is 14.4. The van der Waals surface area contributed by atoms with Crippen molar-refractivity contribution in [2.75, 3.05) is 26.4 Å². The van der Waals surface area contributed by atoms with Gasteiger partial charge >= 0.3 is 0 Å². The summed E-state index contributed by atoms with van der Waals surface area (Å²) in [6, 6.07) is 0. The van der Waals surface area contributed by atoms with Gasteiger partial charge in [0.1, 0.15) is 0 Å². The van der Waals surface area contributed by atoms with Crippen LogP contribution in [0.4, 0.5) is 0 Å². The SMILES string of the molecule is CN(C)C(=O)CCCSc1nnnn1CCNC(C)(C)C. The predicted octanol–water partition coefficient (Wildman–Crippen LogP) is 1.02. The van der Waals surface area contributed by atoms with Crippen molar-refractivity contribution in [2.45, 2.75) is 50.9 Å². The molecule has 0 spiro atoms. The van der Waals surface area contributed by atoms with Crippen LogP contribution in [0, 0.1) is 0 Å². The maximum Gasteiger partial charge on any atom is 0.222 e. The molecular weight excluding hydrogens is 288 g/mol. The average molecular weight is 314 g/mol. The summed E-state index contributed by atoms with van der Waals surface area (Å²) in [5.74, 6) is 0.997. The van der Waals surface area contributed by atoms with Crippen LogP contribution < -0.4 is 5.32 Å². The van der Waals surface area contributed by atoms with E-state index in [1.54, 1.807) is 35.4 Å². The molecule has 0 radical (unpaired) electrons. The number of aromatic nitrogens is 4. The molecule has 8 heteroatoms. The number of carbonyl (C=O) groups is 1. The van der Waals surface area contributed by atoms with Crippen LogP contribution in [0.1, 0.15) is 33.6 Å². The second-order valence-corrected chi connectivity index (χ2v) is 7.16. The van der Waals surface area contributed by atoms with Crippen molar-refractivity contribution in [3.05, 3.63) is 0 Å². The molecule has 21 heavy (non-hydrogen) atoms. The molecule has 0 saturated heterocycles. The third-order valence-corrected chi connectivity index (χ3v) is 3.79. The molecule has 0 aromatic carbocycles.